The van der Waals surface area contributed by atoms with Crippen LogP contribution in [0.1, 0.15) is 10.4 Å². The molecule has 0 bridgehead atoms. The van der Waals surface area contributed by atoms with Crippen LogP contribution in [0.15, 0.2) is 48.5 Å². The molecule has 1 amide bonds. The van der Waals surface area contributed by atoms with Crippen molar-refractivity contribution in [3.63, 3.8) is 0 Å². The lowest BCUT2D eigenvalue weighted by atomic mass is 10.2. The van der Waals surface area contributed by atoms with Gasteiger partial charge in [-0.05, 0) is 59.0 Å². The highest BCUT2D eigenvalue weighted by molar-refractivity contribution is 14.1. The maximum Gasteiger partial charge on any atom is 0.338 e. The average Bonchev–Trinajstić information content (AvgIpc) is 2.55. The summed E-state index contributed by atoms with van der Waals surface area (Å²) in [7, 11) is 3.84. The van der Waals surface area contributed by atoms with E-state index in [1.165, 1.54) is 0 Å². The Kier molecular flexibility index (Phi) is 5.97. The molecular formula is C17H17IN2O3. The van der Waals surface area contributed by atoms with E-state index >= 15 is 0 Å². The predicted molar refractivity (Wildman–Crippen MR) is 98.8 cm³/mol. The standard InChI is InChI=1S/C17H17IN2O3/c1-20(2)13-9-7-12(8-10-13)17(22)23-11-16(21)19-15-6-4-3-5-14(15)18/h3-10H,11H2,1-2H3,(H,19,21). The van der Waals surface area contributed by atoms with Crippen molar-refractivity contribution in [3.8, 4) is 0 Å². The second-order valence-electron chi connectivity index (χ2n) is 5.05. The highest BCUT2D eigenvalue weighted by Gasteiger charge is 2.11. The monoisotopic (exact) mass is 424 g/mol. The first-order valence-electron chi connectivity index (χ1n) is 6.96. The van der Waals surface area contributed by atoms with Gasteiger partial charge in [-0.1, -0.05) is 12.1 Å². The summed E-state index contributed by atoms with van der Waals surface area (Å²) >= 11 is 2.13. The van der Waals surface area contributed by atoms with Gasteiger partial charge in [-0.3, -0.25) is 4.79 Å². The van der Waals surface area contributed by atoms with Gasteiger partial charge in [0.15, 0.2) is 6.61 Å². The second kappa shape index (κ2) is 7.96. The van der Waals surface area contributed by atoms with Crippen LogP contribution in [-0.2, 0) is 9.53 Å². The fraction of sp³-hybridized carbons (Fsp3) is 0.176. The Hall–Kier alpha value is -2.09. The molecule has 6 heteroatoms. The molecule has 0 aromatic heterocycles. The van der Waals surface area contributed by atoms with Crippen molar-refractivity contribution in [2.24, 2.45) is 0 Å². The van der Waals surface area contributed by atoms with E-state index in [2.05, 4.69) is 27.9 Å². The highest BCUT2D eigenvalue weighted by Crippen LogP contribution is 2.17. The van der Waals surface area contributed by atoms with Crippen LogP contribution in [0.3, 0.4) is 0 Å². The third-order valence-electron chi connectivity index (χ3n) is 3.10. The van der Waals surface area contributed by atoms with Crippen molar-refractivity contribution >= 4 is 45.8 Å². The lowest BCUT2D eigenvalue weighted by Crippen LogP contribution is -2.21. The number of nitrogens with zero attached hydrogens (tertiary/aromatic N) is 1. The zero-order valence-corrected chi connectivity index (χ0v) is 15.0. The Labute approximate surface area is 148 Å². The maximum absolute atomic E-state index is 11.9. The molecule has 5 nitrogen and oxygen atoms in total. The fourth-order valence-electron chi connectivity index (χ4n) is 1.86. The minimum absolute atomic E-state index is 0.320. The van der Waals surface area contributed by atoms with Crippen molar-refractivity contribution in [2.45, 2.75) is 0 Å². The fourth-order valence-corrected chi connectivity index (χ4v) is 2.38. The molecular weight excluding hydrogens is 407 g/mol. The van der Waals surface area contributed by atoms with Crippen LogP contribution in [0.2, 0.25) is 0 Å². The van der Waals surface area contributed by atoms with Crippen LogP contribution in [0.25, 0.3) is 0 Å². The quantitative estimate of drug-likeness (QED) is 0.592. The summed E-state index contributed by atoms with van der Waals surface area (Å²) in [5.74, 6) is -0.888. The smallest absolute Gasteiger partial charge is 0.338 e. The van der Waals surface area contributed by atoms with Gasteiger partial charge in [-0.25, -0.2) is 4.79 Å². The number of benzene rings is 2. The van der Waals surface area contributed by atoms with Crippen LogP contribution in [0, 0.1) is 3.57 Å². The molecule has 0 radical (unpaired) electrons. The summed E-state index contributed by atoms with van der Waals surface area (Å²) in [6.07, 6.45) is 0. The first-order chi connectivity index (χ1) is 11.0. The van der Waals surface area contributed by atoms with Gasteiger partial charge in [0.25, 0.3) is 5.91 Å². The number of hydrogen-bond donors (Lipinski definition) is 1. The Morgan fingerprint density at radius 1 is 1.09 bits per heavy atom. The number of halogens is 1. The number of amides is 1. The lowest BCUT2D eigenvalue weighted by molar-refractivity contribution is -0.119. The third-order valence-corrected chi connectivity index (χ3v) is 4.04. The van der Waals surface area contributed by atoms with Gasteiger partial charge in [0.05, 0.1) is 11.3 Å². The van der Waals surface area contributed by atoms with Gasteiger partial charge in [0.2, 0.25) is 0 Å². The summed E-state index contributed by atoms with van der Waals surface area (Å²) in [6.45, 7) is -0.320. The number of rotatable bonds is 5. The largest absolute Gasteiger partial charge is 0.452 e. The Morgan fingerprint density at radius 3 is 2.35 bits per heavy atom. The molecule has 23 heavy (non-hydrogen) atoms. The molecule has 1 N–H and O–H groups in total. The zero-order valence-electron chi connectivity index (χ0n) is 12.9. The summed E-state index contributed by atoms with van der Waals surface area (Å²) in [4.78, 5) is 25.7. The van der Waals surface area contributed by atoms with Crippen LogP contribution >= 0.6 is 22.6 Å². The number of ether oxygens (including phenoxy) is 1. The number of nitrogens with one attached hydrogen (secondary N) is 1. The maximum atomic E-state index is 11.9. The van der Waals surface area contributed by atoms with Gasteiger partial charge in [0, 0.05) is 23.4 Å². The van der Waals surface area contributed by atoms with Crippen LogP contribution < -0.4 is 10.2 Å². The molecule has 2 aromatic carbocycles. The van der Waals surface area contributed by atoms with E-state index in [0.717, 1.165) is 9.26 Å². The SMILES string of the molecule is CN(C)c1ccc(C(=O)OCC(=O)Nc2ccccc2I)cc1. The van der Waals surface area contributed by atoms with E-state index in [-0.39, 0.29) is 12.5 Å². The molecule has 2 aromatic rings. The van der Waals surface area contributed by atoms with Crippen LogP contribution in [-0.4, -0.2) is 32.6 Å². The molecule has 0 spiro atoms. The van der Waals surface area contributed by atoms with E-state index in [0.29, 0.717) is 11.3 Å². The summed E-state index contributed by atoms with van der Waals surface area (Å²) < 4.78 is 5.96. The first kappa shape index (κ1) is 17.3. The number of hydrogen-bond acceptors (Lipinski definition) is 4. The molecule has 0 saturated heterocycles. The second-order valence-corrected chi connectivity index (χ2v) is 6.21. The van der Waals surface area contributed by atoms with Crippen LogP contribution in [0.5, 0.6) is 0 Å². The Bertz CT molecular complexity index is 699. The van der Waals surface area contributed by atoms with Gasteiger partial charge in [-0.2, -0.15) is 0 Å². The van der Waals surface area contributed by atoms with Crippen molar-refractivity contribution in [2.75, 3.05) is 30.9 Å². The van der Waals surface area contributed by atoms with Gasteiger partial charge >= 0.3 is 5.97 Å². The van der Waals surface area contributed by atoms with E-state index in [1.54, 1.807) is 18.2 Å². The Morgan fingerprint density at radius 2 is 1.74 bits per heavy atom. The molecule has 0 atom stereocenters. The average molecular weight is 424 g/mol. The zero-order chi connectivity index (χ0) is 16.8. The van der Waals surface area contributed by atoms with Crippen molar-refractivity contribution in [3.05, 3.63) is 57.7 Å². The van der Waals surface area contributed by atoms with E-state index in [4.69, 9.17) is 4.74 Å². The molecule has 0 aliphatic heterocycles. The minimum Gasteiger partial charge on any atom is -0.452 e. The Balaban J connectivity index is 1.88. The number of anilines is 2. The van der Waals surface area contributed by atoms with Crippen LogP contribution in [0.4, 0.5) is 11.4 Å². The number of esters is 1. The van der Waals surface area contributed by atoms with E-state index < -0.39 is 5.97 Å². The van der Waals surface area contributed by atoms with Crippen molar-refractivity contribution in [1.29, 1.82) is 0 Å². The minimum atomic E-state index is -0.520. The number of carbonyl (C=O) groups is 2. The molecule has 0 aliphatic carbocycles. The van der Waals surface area contributed by atoms with E-state index in [9.17, 15) is 9.59 Å². The summed E-state index contributed by atoms with van der Waals surface area (Å²) in [5.41, 5.74) is 2.10. The topological polar surface area (TPSA) is 58.6 Å². The van der Waals surface area contributed by atoms with E-state index in [1.807, 2.05) is 49.3 Å². The summed E-state index contributed by atoms with van der Waals surface area (Å²) in [5, 5.41) is 2.71. The molecule has 0 heterocycles. The summed E-state index contributed by atoms with van der Waals surface area (Å²) in [6, 6.07) is 14.4. The molecule has 120 valence electrons. The van der Waals surface area contributed by atoms with Crippen molar-refractivity contribution in [1.82, 2.24) is 0 Å². The van der Waals surface area contributed by atoms with Gasteiger partial charge < -0.3 is 15.0 Å². The molecule has 0 unspecified atom stereocenters. The molecule has 0 aliphatic rings. The number of para-hydroxylation sites is 1. The highest BCUT2D eigenvalue weighted by atomic mass is 127. The first-order valence-corrected chi connectivity index (χ1v) is 8.04. The lowest BCUT2D eigenvalue weighted by Gasteiger charge is -2.12. The normalized spacial score (nSPS) is 10.0. The molecule has 0 fully saturated rings. The van der Waals surface area contributed by atoms with Crippen molar-refractivity contribution < 1.29 is 14.3 Å². The van der Waals surface area contributed by atoms with Gasteiger partial charge in [-0.15, -0.1) is 0 Å². The third kappa shape index (κ3) is 4.95. The molecule has 0 saturated carbocycles. The predicted octanol–water partition coefficient (Wildman–Crippen LogP) is 3.15. The molecule has 2 rings (SSSR count). The number of carbonyl (C=O) groups excluding carboxylic acids is 2. The van der Waals surface area contributed by atoms with Gasteiger partial charge in [0.1, 0.15) is 0 Å².